The van der Waals surface area contributed by atoms with Gasteiger partial charge in [-0.15, -0.1) is 0 Å². The van der Waals surface area contributed by atoms with Crippen molar-refractivity contribution in [1.82, 2.24) is 9.55 Å². The van der Waals surface area contributed by atoms with Crippen LogP contribution in [0.1, 0.15) is 29.2 Å². The van der Waals surface area contributed by atoms with Crippen molar-refractivity contribution in [3.8, 4) is 0 Å². The molecule has 0 amide bonds. The second-order valence-electron chi connectivity index (χ2n) is 4.90. The smallest absolute Gasteiger partial charge is 0.263 e. The maximum absolute atomic E-state index is 12.8. The first kappa shape index (κ1) is 15.0. The third-order valence-corrected chi connectivity index (χ3v) is 4.07. The van der Waals surface area contributed by atoms with Crippen molar-refractivity contribution >= 4 is 40.1 Å². The Balaban J connectivity index is 2.21. The minimum Gasteiger partial charge on any atom is -0.385 e. The molecule has 6 heteroatoms. The maximum Gasteiger partial charge on any atom is 0.263 e. The van der Waals surface area contributed by atoms with Crippen LogP contribution in [0.2, 0.25) is 10.0 Å². The van der Waals surface area contributed by atoms with Crippen LogP contribution in [0, 0.1) is 0 Å². The van der Waals surface area contributed by atoms with Crippen LogP contribution in [-0.4, -0.2) is 20.6 Å². The molecule has 1 aromatic heterocycles. The SMILES string of the molecule is CC(O)c1nc2ccccc2n1C(=O)c1ccc(Cl)c(Cl)c1. The molecule has 0 spiro atoms. The van der Waals surface area contributed by atoms with E-state index in [1.807, 2.05) is 12.1 Å². The molecular formula is C16H12Cl2N2O2. The van der Waals surface area contributed by atoms with Gasteiger partial charge in [0.15, 0.2) is 0 Å². The third kappa shape index (κ3) is 2.50. The Morgan fingerprint density at radius 1 is 1.18 bits per heavy atom. The standard InChI is InChI=1S/C16H12Cl2N2O2/c1-9(21)15-19-13-4-2-3-5-14(13)20(15)16(22)10-6-7-11(17)12(18)8-10/h2-9,21H,1H3. The Morgan fingerprint density at radius 3 is 2.59 bits per heavy atom. The highest BCUT2D eigenvalue weighted by Gasteiger charge is 2.21. The van der Waals surface area contributed by atoms with Crippen molar-refractivity contribution in [2.75, 3.05) is 0 Å². The Morgan fingerprint density at radius 2 is 1.91 bits per heavy atom. The third-order valence-electron chi connectivity index (χ3n) is 3.33. The molecule has 1 N–H and O–H groups in total. The summed E-state index contributed by atoms with van der Waals surface area (Å²) < 4.78 is 1.40. The fraction of sp³-hybridized carbons (Fsp3) is 0.125. The topological polar surface area (TPSA) is 55.1 Å². The summed E-state index contributed by atoms with van der Waals surface area (Å²) in [4.78, 5) is 17.2. The molecule has 0 aliphatic carbocycles. The number of rotatable bonds is 2. The van der Waals surface area contributed by atoms with E-state index in [4.69, 9.17) is 23.2 Å². The zero-order valence-corrected chi connectivity index (χ0v) is 13.1. The normalized spacial score (nSPS) is 12.5. The first-order chi connectivity index (χ1) is 10.5. The van der Waals surface area contributed by atoms with Crippen LogP contribution < -0.4 is 0 Å². The lowest BCUT2D eigenvalue weighted by molar-refractivity contribution is 0.0944. The molecule has 3 aromatic rings. The molecule has 1 heterocycles. The molecule has 3 rings (SSSR count). The quantitative estimate of drug-likeness (QED) is 0.768. The van der Waals surface area contributed by atoms with Crippen LogP contribution in [0.5, 0.6) is 0 Å². The van der Waals surface area contributed by atoms with Gasteiger partial charge >= 0.3 is 0 Å². The fourth-order valence-electron chi connectivity index (χ4n) is 2.30. The number of carbonyl (C=O) groups is 1. The van der Waals surface area contributed by atoms with E-state index in [0.717, 1.165) is 0 Å². The molecule has 0 fully saturated rings. The number of aliphatic hydroxyl groups is 1. The highest BCUT2D eigenvalue weighted by Crippen LogP contribution is 2.26. The van der Waals surface area contributed by atoms with E-state index in [-0.39, 0.29) is 11.7 Å². The molecule has 0 saturated heterocycles. The second-order valence-corrected chi connectivity index (χ2v) is 5.72. The molecule has 112 valence electrons. The van der Waals surface area contributed by atoms with Crippen molar-refractivity contribution < 1.29 is 9.90 Å². The number of halogens is 2. The lowest BCUT2D eigenvalue weighted by Crippen LogP contribution is -2.16. The Kier molecular flexibility index (Phi) is 3.91. The van der Waals surface area contributed by atoms with Crippen molar-refractivity contribution in [2.24, 2.45) is 0 Å². The molecule has 4 nitrogen and oxygen atoms in total. The van der Waals surface area contributed by atoms with Crippen LogP contribution in [0.15, 0.2) is 42.5 Å². The summed E-state index contributed by atoms with van der Waals surface area (Å²) in [5.41, 5.74) is 1.65. The van der Waals surface area contributed by atoms with Gasteiger partial charge in [-0.25, -0.2) is 4.98 Å². The van der Waals surface area contributed by atoms with E-state index in [1.54, 1.807) is 31.2 Å². The number of hydrogen-bond donors (Lipinski definition) is 1. The van der Waals surface area contributed by atoms with Crippen molar-refractivity contribution in [1.29, 1.82) is 0 Å². The number of nitrogens with zero attached hydrogens (tertiary/aromatic N) is 2. The summed E-state index contributed by atoms with van der Waals surface area (Å²) in [5.74, 6) is -0.0274. The van der Waals surface area contributed by atoms with E-state index in [0.29, 0.717) is 26.6 Å². The molecular weight excluding hydrogens is 323 g/mol. The molecule has 0 bridgehead atoms. The van der Waals surface area contributed by atoms with Crippen LogP contribution in [0.25, 0.3) is 11.0 Å². The summed E-state index contributed by atoms with van der Waals surface area (Å²) in [6.45, 7) is 1.57. The minimum absolute atomic E-state index is 0.289. The van der Waals surface area contributed by atoms with Crippen molar-refractivity contribution in [2.45, 2.75) is 13.0 Å². The molecule has 0 saturated carbocycles. The lowest BCUT2D eigenvalue weighted by atomic mass is 10.2. The van der Waals surface area contributed by atoms with Crippen LogP contribution in [0.4, 0.5) is 0 Å². The average Bonchev–Trinajstić information content (AvgIpc) is 2.89. The highest BCUT2D eigenvalue weighted by atomic mass is 35.5. The van der Waals surface area contributed by atoms with Crippen LogP contribution >= 0.6 is 23.2 Å². The molecule has 22 heavy (non-hydrogen) atoms. The van der Waals surface area contributed by atoms with Gasteiger partial charge in [0.2, 0.25) is 0 Å². The number of benzene rings is 2. The van der Waals surface area contributed by atoms with Gasteiger partial charge in [-0.2, -0.15) is 0 Å². The van der Waals surface area contributed by atoms with Crippen LogP contribution in [-0.2, 0) is 0 Å². The van der Waals surface area contributed by atoms with Gasteiger partial charge in [-0.05, 0) is 37.3 Å². The number of imidazole rings is 1. The summed E-state index contributed by atoms with van der Waals surface area (Å²) >= 11 is 11.9. The summed E-state index contributed by atoms with van der Waals surface area (Å²) in [7, 11) is 0. The molecule has 1 unspecified atom stereocenters. The highest BCUT2D eigenvalue weighted by molar-refractivity contribution is 6.42. The van der Waals surface area contributed by atoms with Gasteiger partial charge in [-0.1, -0.05) is 35.3 Å². The number of aromatic nitrogens is 2. The summed E-state index contributed by atoms with van der Waals surface area (Å²) in [6, 6.07) is 11.9. The monoisotopic (exact) mass is 334 g/mol. The van der Waals surface area contributed by atoms with E-state index in [2.05, 4.69) is 4.98 Å². The van der Waals surface area contributed by atoms with E-state index in [1.165, 1.54) is 10.6 Å². The van der Waals surface area contributed by atoms with Gasteiger partial charge in [0.05, 0.1) is 21.1 Å². The predicted molar refractivity (Wildman–Crippen MR) is 86.6 cm³/mol. The zero-order chi connectivity index (χ0) is 15.9. The van der Waals surface area contributed by atoms with Crippen LogP contribution in [0.3, 0.4) is 0 Å². The van der Waals surface area contributed by atoms with Crippen molar-refractivity contribution in [3.05, 3.63) is 63.9 Å². The Hall–Kier alpha value is -1.88. The van der Waals surface area contributed by atoms with Gasteiger partial charge < -0.3 is 5.11 Å². The largest absolute Gasteiger partial charge is 0.385 e. The van der Waals surface area contributed by atoms with Crippen molar-refractivity contribution in [3.63, 3.8) is 0 Å². The summed E-state index contributed by atoms with van der Waals surface area (Å²) in [6.07, 6.45) is -0.876. The second kappa shape index (κ2) is 5.72. The number of aliphatic hydroxyl groups excluding tert-OH is 1. The van der Waals surface area contributed by atoms with Gasteiger partial charge in [0.25, 0.3) is 5.91 Å². The lowest BCUT2D eigenvalue weighted by Gasteiger charge is -2.10. The maximum atomic E-state index is 12.8. The van der Waals surface area contributed by atoms with E-state index < -0.39 is 6.10 Å². The Bertz CT molecular complexity index is 872. The fourth-order valence-corrected chi connectivity index (χ4v) is 2.59. The van der Waals surface area contributed by atoms with Gasteiger partial charge in [0.1, 0.15) is 11.9 Å². The minimum atomic E-state index is -0.876. The first-order valence-corrected chi connectivity index (χ1v) is 7.40. The van der Waals surface area contributed by atoms with Gasteiger partial charge in [-0.3, -0.25) is 9.36 Å². The molecule has 0 aliphatic rings. The van der Waals surface area contributed by atoms with Gasteiger partial charge in [0, 0.05) is 5.56 Å². The Labute approximate surface area is 136 Å². The number of fused-ring (bicyclic) bond motifs is 1. The molecule has 0 aliphatic heterocycles. The summed E-state index contributed by atoms with van der Waals surface area (Å²) in [5, 5.41) is 10.6. The zero-order valence-electron chi connectivity index (χ0n) is 11.6. The molecule has 1 atom stereocenters. The number of hydrogen-bond acceptors (Lipinski definition) is 3. The predicted octanol–water partition coefficient (Wildman–Crippen LogP) is 4.08. The van der Waals surface area contributed by atoms with E-state index >= 15 is 0 Å². The first-order valence-electron chi connectivity index (χ1n) is 6.64. The average molecular weight is 335 g/mol. The number of carbonyl (C=O) groups excluding carboxylic acids is 1. The molecule has 2 aromatic carbocycles. The number of para-hydroxylation sites is 2. The molecule has 0 radical (unpaired) electrons. The van der Waals surface area contributed by atoms with E-state index in [9.17, 15) is 9.90 Å².